The standard InChI is InChI=1S/C23H30F4N4O2/c1-22(2,3)13-16-12-20(31(30-16)14-17-5-4-10-33-17)29-21(32)18-11-15(23(25,26)27)6-7-19(18)28-9-8-24/h6-7,11-12,17,28,30H,4-5,8-10,13-14H2,1-3H3/t17-/m1/s1. The Morgan fingerprint density at radius 3 is 2.64 bits per heavy atom. The molecule has 1 aliphatic rings. The second-order valence-electron chi connectivity index (χ2n) is 9.41. The lowest BCUT2D eigenvalue weighted by Gasteiger charge is -2.16. The molecule has 0 aliphatic carbocycles. The Kier molecular flexibility index (Phi) is 7.66. The summed E-state index contributed by atoms with van der Waals surface area (Å²) >= 11 is 0. The second-order valence-corrected chi connectivity index (χ2v) is 9.41. The number of anilines is 1. The van der Waals surface area contributed by atoms with Crippen LogP contribution in [-0.2, 0) is 23.9 Å². The van der Waals surface area contributed by atoms with Gasteiger partial charge in [-0.1, -0.05) is 20.8 Å². The van der Waals surface area contributed by atoms with E-state index in [1.165, 1.54) is 0 Å². The first-order chi connectivity index (χ1) is 15.5. The van der Waals surface area contributed by atoms with Gasteiger partial charge >= 0.3 is 6.18 Å². The van der Waals surface area contributed by atoms with E-state index in [0.29, 0.717) is 25.1 Å². The van der Waals surface area contributed by atoms with Gasteiger partial charge in [0.15, 0.2) is 5.49 Å². The van der Waals surface area contributed by atoms with Gasteiger partial charge in [-0.2, -0.15) is 18.2 Å². The summed E-state index contributed by atoms with van der Waals surface area (Å²) in [6, 6.07) is 4.47. The average molecular weight is 471 g/mol. The maximum Gasteiger partial charge on any atom is 0.416 e. The highest BCUT2D eigenvalue weighted by atomic mass is 19.4. The zero-order valence-electron chi connectivity index (χ0n) is 19.1. The predicted octanol–water partition coefficient (Wildman–Crippen LogP) is 4.73. The third kappa shape index (κ3) is 6.93. The Hall–Kier alpha value is -2.62. The van der Waals surface area contributed by atoms with Crippen LogP contribution in [0.4, 0.5) is 23.2 Å². The van der Waals surface area contributed by atoms with E-state index in [0.717, 1.165) is 36.7 Å². The fourth-order valence-electron chi connectivity index (χ4n) is 3.78. The second kappa shape index (κ2) is 10.1. The van der Waals surface area contributed by atoms with Crippen molar-refractivity contribution in [3.63, 3.8) is 0 Å². The number of aromatic amines is 1. The zero-order valence-corrected chi connectivity index (χ0v) is 19.1. The van der Waals surface area contributed by atoms with Crippen molar-refractivity contribution in [2.24, 2.45) is 10.4 Å². The normalized spacial score (nSPS) is 17.5. The molecule has 3 rings (SSSR count). The number of nitrogens with one attached hydrogen (secondary N) is 2. The van der Waals surface area contributed by atoms with Crippen molar-refractivity contribution < 1.29 is 27.1 Å². The minimum absolute atomic E-state index is 0.0294. The molecule has 1 atom stereocenters. The number of rotatable bonds is 7. The maximum absolute atomic E-state index is 13.2. The summed E-state index contributed by atoms with van der Waals surface area (Å²) in [4.78, 5) is 17.2. The highest BCUT2D eigenvalue weighted by molar-refractivity contribution is 6.00. The number of benzene rings is 1. The molecule has 33 heavy (non-hydrogen) atoms. The summed E-state index contributed by atoms with van der Waals surface area (Å²) in [5.41, 5.74) is 0.00118. The lowest BCUT2D eigenvalue weighted by Crippen LogP contribution is -2.26. The molecule has 0 bridgehead atoms. The maximum atomic E-state index is 13.2. The smallest absolute Gasteiger partial charge is 0.382 e. The fraction of sp³-hybridized carbons (Fsp3) is 0.565. The molecule has 1 aromatic heterocycles. The average Bonchev–Trinajstić information content (AvgIpc) is 3.34. The number of hydrogen-bond donors (Lipinski definition) is 2. The number of amides is 1. The molecule has 6 nitrogen and oxygen atoms in total. The molecule has 2 aromatic rings. The predicted molar refractivity (Wildman–Crippen MR) is 117 cm³/mol. The molecule has 10 heteroatoms. The largest absolute Gasteiger partial charge is 0.416 e. The number of halogens is 4. The monoisotopic (exact) mass is 470 g/mol. The first kappa shape index (κ1) is 25.0. The molecule has 1 amide bonds. The van der Waals surface area contributed by atoms with E-state index < -0.39 is 24.3 Å². The van der Waals surface area contributed by atoms with E-state index in [2.05, 4.69) is 36.2 Å². The number of H-pyrrole nitrogens is 1. The van der Waals surface area contributed by atoms with E-state index in [1.54, 1.807) is 10.7 Å². The first-order valence-corrected chi connectivity index (χ1v) is 11.0. The van der Waals surface area contributed by atoms with Gasteiger partial charge in [-0.05, 0) is 42.9 Å². The molecule has 1 saturated heterocycles. The first-order valence-electron chi connectivity index (χ1n) is 11.0. The molecule has 1 fully saturated rings. The Morgan fingerprint density at radius 2 is 2.03 bits per heavy atom. The minimum Gasteiger partial charge on any atom is -0.382 e. The Bertz CT molecular complexity index is 1030. The third-order valence-corrected chi connectivity index (χ3v) is 5.19. The number of alkyl halides is 4. The summed E-state index contributed by atoms with van der Waals surface area (Å²) < 4.78 is 59.8. The van der Waals surface area contributed by atoms with Gasteiger partial charge in [-0.15, -0.1) is 0 Å². The summed E-state index contributed by atoms with van der Waals surface area (Å²) in [5, 5.41) is 5.91. The summed E-state index contributed by atoms with van der Waals surface area (Å²) in [6.45, 7) is 6.47. The minimum atomic E-state index is -4.62. The van der Waals surface area contributed by atoms with Crippen molar-refractivity contribution in [1.82, 2.24) is 9.78 Å². The molecule has 1 aliphatic heterocycles. The van der Waals surface area contributed by atoms with Crippen molar-refractivity contribution >= 4 is 11.6 Å². The van der Waals surface area contributed by atoms with Crippen LogP contribution >= 0.6 is 0 Å². The van der Waals surface area contributed by atoms with Crippen LogP contribution < -0.4 is 10.8 Å². The topological polar surface area (TPSA) is 71.4 Å². The summed E-state index contributed by atoms with van der Waals surface area (Å²) in [6.07, 6.45) is -2.15. The van der Waals surface area contributed by atoms with E-state index >= 15 is 0 Å². The quantitative estimate of drug-likeness (QED) is 0.575. The lowest BCUT2D eigenvalue weighted by molar-refractivity contribution is -0.137. The lowest BCUT2D eigenvalue weighted by atomic mass is 9.91. The van der Waals surface area contributed by atoms with Crippen molar-refractivity contribution in [2.45, 2.75) is 58.9 Å². The van der Waals surface area contributed by atoms with Gasteiger partial charge in [0, 0.05) is 30.6 Å². The van der Waals surface area contributed by atoms with Gasteiger partial charge in [0.1, 0.15) is 6.67 Å². The summed E-state index contributed by atoms with van der Waals surface area (Å²) in [7, 11) is 0. The van der Waals surface area contributed by atoms with E-state index in [1.807, 2.05) is 0 Å². The molecular formula is C23H30F4N4O2. The van der Waals surface area contributed by atoms with Crippen molar-refractivity contribution in [3.8, 4) is 0 Å². The van der Waals surface area contributed by atoms with Crippen LogP contribution in [0.25, 0.3) is 0 Å². The van der Waals surface area contributed by atoms with E-state index in [4.69, 9.17) is 4.74 Å². The van der Waals surface area contributed by atoms with Crippen molar-refractivity contribution in [2.75, 3.05) is 25.1 Å². The van der Waals surface area contributed by atoms with Gasteiger partial charge < -0.3 is 15.2 Å². The van der Waals surface area contributed by atoms with Crippen LogP contribution in [-0.4, -0.2) is 41.6 Å². The van der Waals surface area contributed by atoms with Crippen LogP contribution in [0, 0.1) is 5.41 Å². The van der Waals surface area contributed by atoms with Gasteiger partial charge in [0.2, 0.25) is 0 Å². The number of nitrogens with zero attached hydrogens (tertiary/aromatic N) is 2. The third-order valence-electron chi connectivity index (χ3n) is 5.19. The number of aromatic nitrogens is 2. The molecule has 1 aromatic carbocycles. The SMILES string of the molecule is CC(C)(C)Cc1cc(=NC(=O)c2cc(C(F)(F)F)ccc2NCCF)n(C[C@H]2CCCO2)[nH]1. The zero-order chi connectivity index (χ0) is 24.2. The highest BCUT2D eigenvalue weighted by Gasteiger charge is 2.32. The van der Waals surface area contributed by atoms with Crippen molar-refractivity contribution in [1.29, 1.82) is 0 Å². The van der Waals surface area contributed by atoms with Crippen molar-refractivity contribution in [3.05, 3.63) is 46.6 Å². The molecule has 0 radical (unpaired) electrons. The number of ether oxygens (including phenoxy) is 1. The van der Waals surface area contributed by atoms with Crippen LogP contribution in [0.3, 0.4) is 0 Å². The Labute approximate surface area is 190 Å². The molecule has 0 spiro atoms. The molecule has 182 valence electrons. The van der Waals surface area contributed by atoms with Gasteiger partial charge in [-0.25, -0.2) is 4.39 Å². The van der Waals surface area contributed by atoms with Gasteiger partial charge in [0.25, 0.3) is 5.91 Å². The number of carbonyl (C=O) groups excluding carboxylic acids is 1. The number of hydrogen-bond acceptors (Lipinski definition) is 3. The molecule has 2 heterocycles. The summed E-state index contributed by atoms with van der Waals surface area (Å²) in [5.74, 6) is -0.843. The molecule has 0 unspecified atom stereocenters. The highest BCUT2D eigenvalue weighted by Crippen LogP contribution is 2.32. The van der Waals surface area contributed by atoms with E-state index in [9.17, 15) is 22.4 Å². The molecule has 0 saturated carbocycles. The van der Waals surface area contributed by atoms with Gasteiger partial charge in [-0.3, -0.25) is 9.48 Å². The molecule has 2 N–H and O–H groups in total. The Morgan fingerprint density at radius 1 is 1.27 bits per heavy atom. The Balaban J connectivity index is 2.02. The number of carbonyl (C=O) groups is 1. The van der Waals surface area contributed by atoms with Crippen LogP contribution in [0.15, 0.2) is 29.3 Å². The van der Waals surface area contributed by atoms with Crippen LogP contribution in [0.1, 0.15) is 55.2 Å². The molecular weight excluding hydrogens is 440 g/mol. The van der Waals surface area contributed by atoms with Crippen LogP contribution in [0.2, 0.25) is 0 Å². The van der Waals surface area contributed by atoms with Crippen LogP contribution in [0.5, 0.6) is 0 Å². The van der Waals surface area contributed by atoms with E-state index in [-0.39, 0.29) is 29.3 Å². The van der Waals surface area contributed by atoms with Gasteiger partial charge in [0.05, 0.1) is 23.8 Å². The fourth-order valence-corrected chi connectivity index (χ4v) is 3.78.